The Labute approximate surface area is 74.0 Å². The van der Waals surface area contributed by atoms with Crippen molar-refractivity contribution in [1.29, 1.82) is 0 Å². The van der Waals surface area contributed by atoms with E-state index >= 15 is 0 Å². The molecule has 0 amide bonds. The number of hydrogen-bond donors (Lipinski definition) is 2. The first-order valence-corrected chi connectivity index (χ1v) is 4.75. The number of hydrogen-bond acceptors (Lipinski definition) is 3. The molecule has 2 unspecified atom stereocenters. The van der Waals surface area contributed by atoms with Gasteiger partial charge in [0.25, 0.3) is 0 Å². The van der Waals surface area contributed by atoms with Crippen molar-refractivity contribution in [1.82, 2.24) is 4.90 Å². The predicted molar refractivity (Wildman–Crippen MR) is 47.9 cm³/mol. The molecule has 2 N–H and O–H groups in total. The van der Waals surface area contributed by atoms with Gasteiger partial charge in [-0.15, -0.1) is 0 Å². The van der Waals surface area contributed by atoms with Crippen LogP contribution in [0, 0.1) is 11.8 Å². The summed E-state index contributed by atoms with van der Waals surface area (Å²) in [6, 6.07) is 0. The van der Waals surface area contributed by atoms with Crippen LogP contribution < -0.4 is 0 Å². The highest BCUT2D eigenvalue weighted by atomic mass is 16.3. The van der Waals surface area contributed by atoms with Crippen molar-refractivity contribution in [2.24, 2.45) is 11.8 Å². The van der Waals surface area contributed by atoms with Gasteiger partial charge in [0.2, 0.25) is 0 Å². The Hall–Kier alpha value is -0.120. The molecule has 0 saturated carbocycles. The highest BCUT2D eigenvalue weighted by Crippen LogP contribution is 2.22. The standard InChI is InChI=1S/C9H19NO2/c1-2-3-10-4-8(6-11)9(5-10)7-12/h8-9,11-12H,2-7H2,1H3. The minimum atomic E-state index is 0.214. The van der Waals surface area contributed by atoms with Crippen LogP contribution in [-0.4, -0.2) is 48.0 Å². The molecule has 0 radical (unpaired) electrons. The fraction of sp³-hybridized carbons (Fsp3) is 1.00. The van der Waals surface area contributed by atoms with Crippen LogP contribution in [0.25, 0.3) is 0 Å². The fourth-order valence-electron chi connectivity index (χ4n) is 1.95. The van der Waals surface area contributed by atoms with E-state index in [0.717, 1.165) is 26.1 Å². The number of likely N-dealkylation sites (tertiary alicyclic amines) is 1. The Bertz CT molecular complexity index is 118. The Balaban J connectivity index is 2.36. The van der Waals surface area contributed by atoms with E-state index in [4.69, 9.17) is 10.2 Å². The smallest absolute Gasteiger partial charge is 0.0475 e. The zero-order valence-electron chi connectivity index (χ0n) is 7.74. The van der Waals surface area contributed by atoms with E-state index in [2.05, 4.69) is 11.8 Å². The van der Waals surface area contributed by atoms with E-state index < -0.39 is 0 Å². The maximum absolute atomic E-state index is 9.02. The summed E-state index contributed by atoms with van der Waals surface area (Å²) in [5.74, 6) is 0.586. The Kier molecular flexibility index (Phi) is 3.98. The summed E-state index contributed by atoms with van der Waals surface area (Å²) < 4.78 is 0. The molecule has 2 atom stereocenters. The third-order valence-corrected chi connectivity index (χ3v) is 2.66. The molecule has 1 heterocycles. The van der Waals surface area contributed by atoms with Gasteiger partial charge in [-0.2, -0.15) is 0 Å². The molecule has 72 valence electrons. The summed E-state index contributed by atoms with van der Waals surface area (Å²) in [5.41, 5.74) is 0. The normalized spacial score (nSPS) is 31.2. The SMILES string of the molecule is CCCN1CC(CO)C(CO)C1. The summed E-state index contributed by atoms with van der Waals surface area (Å²) in [4.78, 5) is 2.32. The summed E-state index contributed by atoms with van der Waals surface area (Å²) >= 11 is 0. The first-order valence-electron chi connectivity index (χ1n) is 4.75. The van der Waals surface area contributed by atoms with E-state index in [1.807, 2.05) is 0 Å². The molecule has 0 spiro atoms. The van der Waals surface area contributed by atoms with Crippen molar-refractivity contribution in [2.75, 3.05) is 32.8 Å². The van der Waals surface area contributed by atoms with Crippen molar-refractivity contribution in [2.45, 2.75) is 13.3 Å². The third-order valence-electron chi connectivity index (χ3n) is 2.66. The van der Waals surface area contributed by atoms with Crippen molar-refractivity contribution < 1.29 is 10.2 Å². The average molecular weight is 173 g/mol. The van der Waals surface area contributed by atoms with Crippen LogP contribution >= 0.6 is 0 Å². The summed E-state index contributed by atoms with van der Waals surface area (Å²) in [7, 11) is 0. The number of rotatable bonds is 4. The highest BCUT2D eigenvalue weighted by molar-refractivity contribution is 4.82. The van der Waals surface area contributed by atoms with Crippen LogP contribution in [0.4, 0.5) is 0 Å². The van der Waals surface area contributed by atoms with E-state index in [1.165, 1.54) is 0 Å². The zero-order valence-corrected chi connectivity index (χ0v) is 7.74. The minimum absolute atomic E-state index is 0.214. The summed E-state index contributed by atoms with van der Waals surface area (Å²) in [6.07, 6.45) is 1.15. The predicted octanol–water partition coefficient (Wildman–Crippen LogP) is -0.0710. The quantitative estimate of drug-likeness (QED) is 0.625. The van der Waals surface area contributed by atoms with Crippen LogP contribution in [0.15, 0.2) is 0 Å². The molecule has 3 nitrogen and oxygen atoms in total. The molecule has 0 aromatic rings. The topological polar surface area (TPSA) is 43.7 Å². The Morgan fingerprint density at radius 3 is 2.00 bits per heavy atom. The molecule has 12 heavy (non-hydrogen) atoms. The lowest BCUT2D eigenvalue weighted by Crippen LogP contribution is -2.22. The number of aliphatic hydroxyl groups is 2. The third kappa shape index (κ3) is 2.19. The van der Waals surface area contributed by atoms with Crippen LogP contribution in [0.3, 0.4) is 0 Å². The van der Waals surface area contributed by atoms with Gasteiger partial charge in [0.1, 0.15) is 0 Å². The van der Waals surface area contributed by atoms with Crippen molar-refractivity contribution in [3.8, 4) is 0 Å². The second-order valence-electron chi connectivity index (χ2n) is 3.64. The van der Waals surface area contributed by atoms with E-state index in [-0.39, 0.29) is 13.2 Å². The van der Waals surface area contributed by atoms with Gasteiger partial charge < -0.3 is 15.1 Å². The zero-order chi connectivity index (χ0) is 8.97. The fourth-order valence-corrected chi connectivity index (χ4v) is 1.95. The molecule has 1 aliphatic rings. The second-order valence-corrected chi connectivity index (χ2v) is 3.64. The van der Waals surface area contributed by atoms with Crippen LogP contribution in [0.1, 0.15) is 13.3 Å². The Morgan fingerprint density at radius 1 is 1.17 bits per heavy atom. The first kappa shape index (κ1) is 9.96. The molecule has 1 rings (SSSR count). The van der Waals surface area contributed by atoms with Gasteiger partial charge in [-0.05, 0) is 13.0 Å². The minimum Gasteiger partial charge on any atom is -0.396 e. The molecule has 0 bridgehead atoms. The molecule has 1 fully saturated rings. The summed E-state index contributed by atoms with van der Waals surface area (Å²) in [6.45, 7) is 5.58. The maximum atomic E-state index is 9.02. The second kappa shape index (κ2) is 4.80. The molecule has 3 heteroatoms. The number of aliphatic hydroxyl groups excluding tert-OH is 2. The Morgan fingerprint density at radius 2 is 1.67 bits per heavy atom. The molecule has 0 aromatic carbocycles. The largest absolute Gasteiger partial charge is 0.396 e. The lowest BCUT2D eigenvalue weighted by atomic mass is 9.98. The highest BCUT2D eigenvalue weighted by Gasteiger charge is 2.30. The van der Waals surface area contributed by atoms with Crippen molar-refractivity contribution in [3.05, 3.63) is 0 Å². The average Bonchev–Trinajstić information content (AvgIpc) is 2.48. The molecule has 1 aliphatic heterocycles. The van der Waals surface area contributed by atoms with Gasteiger partial charge in [0.15, 0.2) is 0 Å². The number of nitrogens with zero attached hydrogens (tertiary/aromatic N) is 1. The molecule has 0 aromatic heterocycles. The molecule has 0 aliphatic carbocycles. The van der Waals surface area contributed by atoms with Crippen LogP contribution in [-0.2, 0) is 0 Å². The monoisotopic (exact) mass is 173 g/mol. The van der Waals surface area contributed by atoms with Gasteiger partial charge in [-0.1, -0.05) is 6.92 Å². The van der Waals surface area contributed by atoms with Crippen molar-refractivity contribution >= 4 is 0 Å². The van der Waals surface area contributed by atoms with Crippen molar-refractivity contribution in [3.63, 3.8) is 0 Å². The van der Waals surface area contributed by atoms with Crippen LogP contribution in [0.5, 0.6) is 0 Å². The van der Waals surface area contributed by atoms with Gasteiger partial charge in [-0.3, -0.25) is 0 Å². The summed E-state index contributed by atoms with van der Waals surface area (Å²) in [5, 5.41) is 18.0. The lowest BCUT2D eigenvalue weighted by Gasteiger charge is -2.13. The first-order chi connectivity index (χ1) is 5.81. The van der Waals surface area contributed by atoms with Gasteiger partial charge in [0, 0.05) is 38.1 Å². The maximum Gasteiger partial charge on any atom is 0.0475 e. The van der Waals surface area contributed by atoms with E-state index in [1.54, 1.807) is 0 Å². The van der Waals surface area contributed by atoms with E-state index in [0.29, 0.717) is 11.8 Å². The van der Waals surface area contributed by atoms with E-state index in [9.17, 15) is 0 Å². The van der Waals surface area contributed by atoms with Gasteiger partial charge in [-0.25, -0.2) is 0 Å². The lowest BCUT2D eigenvalue weighted by molar-refractivity contribution is 0.152. The van der Waals surface area contributed by atoms with Gasteiger partial charge in [0.05, 0.1) is 0 Å². The molecule has 1 saturated heterocycles. The van der Waals surface area contributed by atoms with Gasteiger partial charge >= 0.3 is 0 Å². The molecular weight excluding hydrogens is 154 g/mol. The molecular formula is C9H19NO2. The van der Waals surface area contributed by atoms with Crippen LogP contribution in [0.2, 0.25) is 0 Å².